The van der Waals surface area contributed by atoms with Gasteiger partial charge in [-0.1, -0.05) is 0 Å². The number of aliphatic imine (C=N–C) groups is 1. The summed E-state index contributed by atoms with van der Waals surface area (Å²) < 4.78 is 36.9. The Labute approximate surface area is 107 Å². The second-order valence-electron chi connectivity index (χ2n) is 3.85. The van der Waals surface area contributed by atoms with Crippen LogP contribution in [0.3, 0.4) is 0 Å². The van der Waals surface area contributed by atoms with Gasteiger partial charge in [0, 0.05) is 5.56 Å². The van der Waals surface area contributed by atoms with Crippen LogP contribution in [0, 0.1) is 5.82 Å². The number of nitrogens with two attached hydrogens (primary N) is 2. The lowest BCUT2D eigenvalue weighted by Gasteiger charge is -2.02. The van der Waals surface area contributed by atoms with Crippen LogP contribution in [0.5, 0.6) is 0 Å². The first kappa shape index (κ1) is 13.1. The molecule has 1 aliphatic rings. The van der Waals surface area contributed by atoms with E-state index in [-0.39, 0.29) is 10.5 Å². The monoisotopic (exact) mass is 285 g/mol. The molecule has 1 heterocycles. The lowest BCUT2D eigenvalue weighted by Crippen LogP contribution is -2.24. The number of Topliss-reactive ketones (excluding diaryl/α,β-unsaturated/α-hetero) is 1. The van der Waals surface area contributed by atoms with E-state index in [1.165, 1.54) is 0 Å². The van der Waals surface area contributed by atoms with E-state index in [2.05, 4.69) is 4.99 Å². The van der Waals surface area contributed by atoms with Gasteiger partial charge in [-0.3, -0.25) is 9.59 Å². The molecule has 9 heteroatoms. The van der Waals surface area contributed by atoms with Gasteiger partial charge in [-0.15, -0.1) is 0 Å². The van der Waals surface area contributed by atoms with Gasteiger partial charge in [0.2, 0.25) is 0 Å². The topological polar surface area (TPSA) is 133 Å². The Morgan fingerprint density at radius 3 is 2.53 bits per heavy atom. The first-order valence-electron chi connectivity index (χ1n) is 4.96. The molecule has 1 aromatic carbocycles. The predicted molar refractivity (Wildman–Crippen MR) is 62.9 cm³/mol. The van der Waals surface area contributed by atoms with Crippen molar-refractivity contribution in [3.05, 3.63) is 29.1 Å². The average Bonchev–Trinajstić information content (AvgIpc) is 2.47. The minimum atomic E-state index is -3.84. The molecule has 0 saturated heterocycles. The van der Waals surface area contributed by atoms with Crippen molar-refractivity contribution in [3.8, 4) is 0 Å². The molecule has 100 valence electrons. The normalized spacial score (nSPS) is 15.9. The molecule has 0 radical (unpaired) electrons. The average molecular weight is 285 g/mol. The van der Waals surface area contributed by atoms with E-state index in [0.717, 1.165) is 6.07 Å². The number of hydrogen-bond acceptors (Lipinski definition) is 4. The molecule has 0 bridgehead atoms. The predicted octanol–water partition coefficient (Wildman–Crippen LogP) is -0.791. The summed E-state index contributed by atoms with van der Waals surface area (Å²) in [6.07, 6.45) is 0. The van der Waals surface area contributed by atoms with Crippen LogP contribution in [0.4, 0.5) is 4.39 Å². The summed E-state index contributed by atoms with van der Waals surface area (Å²) in [5.74, 6) is -4.20. The first-order valence-corrected chi connectivity index (χ1v) is 6.61. The van der Waals surface area contributed by atoms with E-state index in [9.17, 15) is 22.4 Å². The maximum Gasteiger partial charge on any atom is 0.283 e. The first-order chi connectivity index (χ1) is 8.72. The molecule has 0 spiro atoms. The summed E-state index contributed by atoms with van der Waals surface area (Å²) in [6.45, 7) is 0. The second-order valence-corrected chi connectivity index (χ2v) is 5.81. The number of sulfone groups is 1. The molecule has 0 atom stereocenters. The molecule has 2 rings (SSSR count). The fraction of sp³-hybridized carbons (Fsp3) is 0.100. The number of amides is 1. The maximum absolute atomic E-state index is 13.7. The molecule has 0 aromatic heterocycles. The van der Waals surface area contributed by atoms with E-state index in [4.69, 9.17) is 11.5 Å². The molecule has 1 amide bonds. The summed E-state index contributed by atoms with van der Waals surface area (Å²) in [7, 11) is -3.84. The molecule has 1 aliphatic heterocycles. The van der Waals surface area contributed by atoms with Crippen LogP contribution in [-0.4, -0.2) is 31.8 Å². The van der Waals surface area contributed by atoms with Crippen molar-refractivity contribution in [3.63, 3.8) is 0 Å². The van der Waals surface area contributed by atoms with Crippen molar-refractivity contribution in [2.45, 2.75) is 4.90 Å². The number of carbonyl (C=O) groups is 2. The van der Waals surface area contributed by atoms with E-state index in [1.807, 2.05) is 0 Å². The van der Waals surface area contributed by atoms with Crippen LogP contribution in [0.15, 0.2) is 22.0 Å². The fourth-order valence-electron chi connectivity index (χ4n) is 1.70. The minimum Gasteiger partial charge on any atom is -0.370 e. The molecule has 0 fully saturated rings. The van der Waals surface area contributed by atoms with Gasteiger partial charge in [-0.2, -0.15) is 4.99 Å². The van der Waals surface area contributed by atoms with Crippen LogP contribution in [0.25, 0.3) is 0 Å². The number of ketones is 1. The van der Waals surface area contributed by atoms with Crippen molar-refractivity contribution in [1.82, 2.24) is 0 Å². The zero-order valence-electron chi connectivity index (χ0n) is 9.38. The van der Waals surface area contributed by atoms with Crippen LogP contribution in [0.2, 0.25) is 0 Å². The van der Waals surface area contributed by atoms with Crippen molar-refractivity contribution in [1.29, 1.82) is 0 Å². The van der Waals surface area contributed by atoms with Gasteiger partial charge in [0.15, 0.2) is 21.6 Å². The summed E-state index contributed by atoms with van der Waals surface area (Å²) in [4.78, 5) is 25.6. The number of nitrogens with zero attached hydrogens (tertiary/aromatic N) is 1. The molecule has 4 N–H and O–H groups in total. The van der Waals surface area contributed by atoms with Gasteiger partial charge in [0.1, 0.15) is 11.6 Å². The van der Waals surface area contributed by atoms with Crippen molar-refractivity contribution >= 4 is 27.5 Å². The van der Waals surface area contributed by atoms with E-state index in [1.54, 1.807) is 0 Å². The van der Waals surface area contributed by atoms with Crippen molar-refractivity contribution in [2.24, 2.45) is 16.5 Å². The lowest BCUT2D eigenvalue weighted by atomic mass is 10.1. The Morgan fingerprint density at radius 2 is 1.95 bits per heavy atom. The van der Waals surface area contributed by atoms with Gasteiger partial charge >= 0.3 is 0 Å². The van der Waals surface area contributed by atoms with E-state index < -0.39 is 44.6 Å². The molecule has 1 aromatic rings. The highest BCUT2D eigenvalue weighted by Gasteiger charge is 2.35. The number of hydrogen-bond donors (Lipinski definition) is 2. The smallest absolute Gasteiger partial charge is 0.283 e. The Bertz CT molecular complexity index is 735. The standard InChI is InChI=1S/C10H8FN3O4S/c11-6-1-5-7(15)3-19(17,18)8(5)2-4(6)9(16)14-10(12)13/h1-2H,3H2,(H4,12,13,14,16). The Hall–Kier alpha value is -2.29. The van der Waals surface area contributed by atoms with Gasteiger partial charge in [0.25, 0.3) is 5.91 Å². The highest BCUT2D eigenvalue weighted by atomic mass is 32.2. The fourth-order valence-corrected chi connectivity index (χ4v) is 3.16. The number of fused-ring (bicyclic) bond motifs is 1. The van der Waals surface area contributed by atoms with Gasteiger partial charge in [0.05, 0.1) is 10.5 Å². The molecule has 0 aliphatic carbocycles. The largest absolute Gasteiger partial charge is 0.370 e. The third-order valence-corrected chi connectivity index (χ3v) is 4.14. The third kappa shape index (κ3) is 2.19. The maximum atomic E-state index is 13.7. The molecule has 7 nitrogen and oxygen atoms in total. The quantitative estimate of drug-likeness (QED) is 0.394. The number of guanidine groups is 1. The van der Waals surface area contributed by atoms with Crippen molar-refractivity contribution in [2.75, 3.05) is 5.75 Å². The Morgan fingerprint density at radius 1 is 1.32 bits per heavy atom. The molecule has 19 heavy (non-hydrogen) atoms. The summed E-state index contributed by atoms with van der Waals surface area (Å²) in [6, 6.07) is 1.48. The zero-order chi connectivity index (χ0) is 14.4. The van der Waals surface area contributed by atoms with Gasteiger partial charge in [-0.25, -0.2) is 12.8 Å². The molecule has 0 unspecified atom stereocenters. The van der Waals surface area contributed by atoms with E-state index >= 15 is 0 Å². The van der Waals surface area contributed by atoms with Gasteiger partial charge in [-0.05, 0) is 12.1 Å². The Balaban J connectivity index is 2.66. The van der Waals surface area contributed by atoms with Crippen LogP contribution >= 0.6 is 0 Å². The van der Waals surface area contributed by atoms with E-state index in [0.29, 0.717) is 6.07 Å². The van der Waals surface area contributed by atoms with Gasteiger partial charge < -0.3 is 11.5 Å². The number of benzene rings is 1. The summed E-state index contributed by atoms with van der Waals surface area (Å²) in [5.41, 5.74) is 9.09. The zero-order valence-corrected chi connectivity index (χ0v) is 10.2. The number of rotatable bonds is 1. The van der Waals surface area contributed by atoms with Crippen LogP contribution < -0.4 is 11.5 Å². The highest BCUT2D eigenvalue weighted by molar-refractivity contribution is 7.92. The Kier molecular flexibility index (Phi) is 2.85. The number of carbonyl (C=O) groups excluding carboxylic acids is 2. The number of halogens is 1. The van der Waals surface area contributed by atoms with Crippen LogP contribution in [0.1, 0.15) is 20.7 Å². The lowest BCUT2D eigenvalue weighted by molar-refractivity contribution is 0.0992. The SMILES string of the molecule is NC(N)=NC(=O)c1cc2c(cc1F)C(=O)CS2(=O)=O. The summed E-state index contributed by atoms with van der Waals surface area (Å²) >= 11 is 0. The third-order valence-electron chi connectivity index (χ3n) is 2.49. The van der Waals surface area contributed by atoms with Crippen molar-refractivity contribution < 1.29 is 22.4 Å². The highest BCUT2D eigenvalue weighted by Crippen LogP contribution is 2.28. The molecular formula is C10H8FN3O4S. The molecule has 0 saturated carbocycles. The minimum absolute atomic E-state index is 0.265. The molecular weight excluding hydrogens is 277 g/mol. The second kappa shape index (κ2) is 4.12. The van der Waals surface area contributed by atoms with Crippen LogP contribution in [-0.2, 0) is 9.84 Å². The summed E-state index contributed by atoms with van der Waals surface area (Å²) in [5, 5.41) is 0.